The summed E-state index contributed by atoms with van der Waals surface area (Å²) >= 11 is 0. The first kappa shape index (κ1) is 12.2. The summed E-state index contributed by atoms with van der Waals surface area (Å²) in [4.78, 5) is 24.2. The highest BCUT2D eigenvalue weighted by Crippen LogP contribution is 2.17. The molecule has 0 bridgehead atoms. The average molecular weight is 259 g/mol. The Morgan fingerprint density at radius 3 is 2.68 bits per heavy atom. The molecule has 5 heteroatoms. The van der Waals surface area contributed by atoms with E-state index in [2.05, 4.69) is 5.32 Å². The molecule has 0 amide bonds. The maximum atomic E-state index is 12.3. The standard InChI is InChI=1S/C14H17N3O2/c1-16-11-6-5-9(8-12(11)17(2)14(16)19)13(18)10-4-3-7-15-10/h5-6,8,10,15H,3-4,7H2,1-2H3. The van der Waals surface area contributed by atoms with E-state index in [1.807, 2.05) is 18.2 Å². The van der Waals surface area contributed by atoms with Gasteiger partial charge in [0, 0.05) is 19.7 Å². The quantitative estimate of drug-likeness (QED) is 0.812. The number of carbonyl (C=O) groups excluding carboxylic acids is 1. The third-order valence-corrected chi connectivity index (χ3v) is 3.93. The molecule has 0 spiro atoms. The lowest BCUT2D eigenvalue weighted by atomic mass is 10.0. The van der Waals surface area contributed by atoms with Crippen molar-refractivity contribution in [1.29, 1.82) is 0 Å². The molecule has 2 aromatic rings. The molecule has 0 saturated carbocycles. The Morgan fingerprint density at radius 2 is 2.00 bits per heavy atom. The number of hydrogen-bond donors (Lipinski definition) is 1. The van der Waals surface area contributed by atoms with Crippen molar-refractivity contribution in [2.24, 2.45) is 14.1 Å². The molecule has 1 unspecified atom stereocenters. The minimum Gasteiger partial charge on any atom is -0.307 e. The first-order valence-corrected chi connectivity index (χ1v) is 6.52. The van der Waals surface area contributed by atoms with Gasteiger partial charge < -0.3 is 5.32 Å². The number of hydrogen-bond acceptors (Lipinski definition) is 3. The normalized spacial score (nSPS) is 19.2. The molecule has 19 heavy (non-hydrogen) atoms. The Bertz CT molecular complexity index is 705. The Labute approximate surface area is 110 Å². The van der Waals surface area contributed by atoms with Crippen LogP contribution >= 0.6 is 0 Å². The van der Waals surface area contributed by atoms with Crippen molar-refractivity contribution in [2.75, 3.05) is 6.54 Å². The van der Waals surface area contributed by atoms with Crippen LogP contribution in [0.1, 0.15) is 23.2 Å². The second-order valence-electron chi connectivity index (χ2n) is 5.12. The molecule has 0 aliphatic carbocycles. The molecule has 5 nitrogen and oxygen atoms in total. The molecule has 1 fully saturated rings. The van der Waals surface area contributed by atoms with Crippen LogP contribution in [0, 0.1) is 0 Å². The fraction of sp³-hybridized carbons (Fsp3) is 0.429. The van der Waals surface area contributed by atoms with E-state index in [0.29, 0.717) is 5.56 Å². The number of ketones is 1. The fourth-order valence-electron chi connectivity index (χ4n) is 2.77. The lowest BCUT2D eigenvalue weighted by Crippen LogP contribution is -2.30. The molecule has 1 saturated heterocycles. The Kier molecular flexibility index (Phi) is 2.78. The van der Waals surface area contributed by atoms with E-state index in [9.17, 15) is 9.59 Å². The van der Waals surface area contributed by atoms with Crippen molar-refractivity contribution in [3.8, 4) is 0 Å². The van der Waals surface area contributed by atoms with Crippen LogP contribution in [-0.4, -0.2) is 27.5 Å². The Hall–Kier alpha value is -1.88. The van der Waals surface area contributed by atoms with Gasteiger partial charge in [0.05, 0.1) is 17.1 Å². The molecule has 1 atom stereocenters. The lowest BCUT2D eigenvalue weighted by molar-refractivity contribution is 0.0952. The van der Waals surface area contributed by atoms with Crippen LogP contribution in [0.4, 0.5) is 0 Å². The monoisotopic (exact) mass is 259 g/mol. The molecule has 1 aliphatic heterocycles. The molecule has 1 N–H and O–H groups in total. The van der Waals surface area contributed by atoms with Gasteiger partial charge in [-0.15, -0.1) is 0 Å². The molecule has 1 aliphatic rings. The van der Waals surface area contributed by atoms with Crippen LogP contribution in [0.5, 0.6) is 0 Å². The summed E-state index contributed by atoms with van der Waals surface area (Å²) in [5.41, 5.74) is 2.26. The van der Waals surface area contributed by atoms with Crippen LogP contribution in [-0.2, 0) is 14.1 Å². The zero-order valence-electron chi connectivity index (χ0n) is 11.1. The van der Waals surface area contributed by atoms with E-state index >= 15 is 0 Å². The zero-order chi connectivity index (χ0) is 13.6. The maximum Gasteiger partial charge on any atom is 0.328 e. The van der Waals surface area contributed by atoms with Crippen molar-refractivity contribution in [3.05, 3.63) is 34.2 Å². The van der Waals surface area contributed by atoms with E-state index in [1.165, 1.54) is 0 Å². The van der Waals surface area contributed by atoms with Gasteiger partial charge in [-0.2, -0.15) is 0 Å². The predicted molar refractivity (Wildman–Crippen MR) is 73.5 cm³/mol. The van der Waals surface area contributed by atoms with Crippen LogP contribution in [0.3, 0.4) is 0 Å². The highest BCUT2D eigenvalue weighted by molar-refractivity contribution is 6.02. The lowest BCUT2D eigenvalue weighted by Gasteiger charge is -2.09. The second kappa shape index (κ2) is 4.35. The Morgan fingerprint density at radius 1 is 1.26 bits per heavy atom. The van der Waals surface area contributed by atoms with Gasteiger partial charge in [0.2, 0.25) is 0 Å². The van der Waals surface area contributed by atoms with Crippen LogP contribution in [0.15, 0.2) is 23.0 Å². The molecule has 100 valence electrons. The number of carbonyl (C=O) groups is 1. The summed E-state index contributed by atoms with van der Waals surface area (Å²) in [5, 5.41) is 3.21. The number of fused-ring (bicyclic) bond motifs is 1. The van der Waals surface area contributed by atoms with E-state index in [0.717, 1.165) is 30.4 Å². The summed E-state index contributed by atoms with van der Waals surface area (Å²) in [6.45, 7) is 0.905. The summed E-state index contributed by atoms with van der Waals surface area (Å²) in [6, 6.07) is 5.40. The number of rotatable bonds is 2. The molecule has 2 heterocycles. The largest absolute Gasteiger partial charge is 0.328 e. The summed E-state index contributed by atoms with van der Waals surface area (Å²) in [6.07, 6.45) is 1.94. The van der Waals surface area contributed by atoms with Crippen molar-refractivity contribution in [1.82, 2.24) is 14.5 Å². The summed E-state index contributed by atoms with van der Waals surface area (Å²) in [5.74, 6) is 0.121. The molecule has 1 aromatic carbocycles. The number of Topliss-reactive ketones (excluding diaryl/α,β-unsaturated/α-hetero) is 1. The van der Waals surface area contributed by atoms with E-state index < -0.39 is 0 Å². The van der Waals surface area contributed by atoms with Crippen molar-refractivity contribution < 1.29 is 4.79 Å². The predicted octanol–water partition coefficient (Wildman–Crippen LogP) is 0.812. The maximum absolute atomic E-state index is 12.3. The van der Waals surface area contributed by atoms with Crippen molar-refractivity contribution in [2.45, 2.75) is 18.9 Å². The zero-order valence-corrected chi connectivity index (χ0v) is 11.1. The molecule has 3 rings (SSSR count). The molecule has 0 radical (unpaired) electrons. The third-order valence-electron chi connectivity index (χ3n) is 3.93. The van der Waals surface area contributed by atoms with Crippen LogP contribution < -0.4 is 11.0 Å². The first-order chi connectivity index (χ1) is 9.09. The van der Waals surface area contributed by atoms with Gasteiger partial charge in [0.25, 0.3) is 0 Å². The van der Waals surface area contributed by atoms with Gasteiger partial charge >= 0.3 is 5.69 Å². The third kappa shape index (κ3) is 1.81. The van der Waals surface area contributed by atoms with E-state index in [4.69, 9.17) is 0 Å². The van der Waals surface area contributed by atoms with Crippen LogP contribution in [0.2, 0.25) is 0 Å². The smallest absolute Gasteiger partial charge is 0.307 e. The minimum absolute atomic E-state index is 0.0707. The molecular weight excluding hydrogens is 242 g/mol. The summed E-state index contributed by atoms with van der Waals surface area (Å²) < 4.78 is 3.17. The molecule has 1 aromatic heterocycles. The topological polar surface area (TPSA) is 56.0 Å². The summed E-state index contributed by atoms with van der Waals surface area (Å²) in [7, 11) is 3.47. The van der Waals surface area contributed by atoms with Gasteiger partial charge in [-0.05, 0) is 37.6 Å². The molecular formula is C14H17N3O2. The number of benzene rings is 1. The van der Waals surface area contributed by atoms with Gasteiger partial charge in [-0.1, -0.05) is 0 Å². The van der Waals surface area contributed by atoms with Gasteiger partial charge in [-0.25, -0.2) is 4.79 Å². The fourth-order valence-corrected chi connectivity index (χ4v) is 2.77. The highest BCUT2D eigenvalue weighted by atomic mass is 16.1. The van der Waals surface area contributed by atoms with Gasteiger partial charge in [0.1, 0.15) is 0 Å². The van der Waals surface area contributed by atoms with E-state index in [-0.39, 0.29) is 17.5 Å². The average Bonchev–Trinajstić information content (AvgIpc) is 3.03. The van der Waals surface area contributed by atoms with Gasteiger partial charge in [-0.3, -0.25) is 13.9 Å². The number of aromatic nitrogens is 2. The van der Waals surface area contributed by atoms with Crippen molar-refractivity contribution >= 4 is 16.8 Å². The SMILES string of the molecule is Cn1c(=O)n(C)c2cc(C(=O)C3CCCN3)ccc21. The van der Waals surface area contributed by atoms with Gasteiger partial charge in [0.15, 0.2) is 5.78 Å². The van der Waals surface area contributed by atoms with E-state index in [1.54, 1.807) is 23.2 Å². The second-order valence-corrected chi connectivity index (χ2v) is 5.12. The number of nitrogens with zero attached hydrogens (tertiary/aromatic N) is 2. The number of nitrogens with one attached hydrogen (secondary N) is 1. The van der Waals surface area contributed by atoms with Crippen molar-refractivity contribution in [3.63, 3.8) is 0 Å². The first-order valence-electron chi connectivity index (χ1n) is 6.52. The Balaban J connectivity index is 2.09. The minimum atomic E-state index is -0.0711. The number of aryl methyl sites for hydroxylation is 2. The highest BCUT2D eigenvalue weighted by Gasteiger charge is 2.23. The number of imidazole rings is 1. The van der Waals surface area contributed by atoms with Crippen LogP contribution in [0.25, 0.3) is 11.0 Å².